The Morgan fingerprint density at radius 3 is 2.74 bits per heavy atom. The van der Waals surface area contributed by atoms with Crippen LogP contribution in [0.1, 0.15) is 28.6 Å². The number of nitrogens with one attached hydrogen (secondary N) is 1. The lowest BCUT2D eigenvalue weighted by Gasteiger charge is -2.22. The number of benzene rings is 1. The number of halogens is 1. The van der Waals surface area contributed by atoms with Crippen molar-refractivity contribution in [3.05, 3.63) is 45.7 Å². The van der Waals surface area contributed by atoms with Gasteiger partial charge in [-0.1, -0.05) is 11.6 Å². The van der Waals surface area contributed by atoms with Crippen LogP contribution in [-0.2, 0) is 11.3 Å². The van der Waals surface area contributed by atoms with Gasteiger partial charge in [0.1, 0.15) is 11.8 Å². The van der Waals surface area contributed by atoms with Gasteiger partial charge in [-0.3, -0.25) is 9.89 Å². The number of nitrogens with zero attached hydrogens (tertiary/aromatic N) is 2. The lowest BCUT2D eigenvalue weighted by Crippen LogP contribution is -2.36. The SMILES string of the molecule is COc1ccc(Cl)cc1CN(C)C(=O)[C@@H](N)c1c(C)n[nH]c1C. The van der Waals surface area contributed by atoms with Crippen LogP contribution in [0.3, 0.4) is 0 Å². The third-order valence-corrected chi connectivity index (χ3v) is 4.02. The summed E-state index contributed by atoms with van der Waals surface area (Å²) in [4.78, 5) is 14.2. The van der Waals surface area contributed by atoms with Crippen molar-refractivity contribution in [3.8, 4) is 5.75 Å². The lowest BCUT2D eigenvalue weighted by atomic mass is 10.0. The summed E-state index contributed by atoms with van der Waals surface area (Å²) in [5.41, 5.74) is 9.23. The Labute approximate surface area is 140 Å². The zero-order valence-corrected chi connectivity index (χ0v) is 14.4. The Bertz CT molecular complexity index is 695. The van der Waals surface area contributed by atoms with Crippen molar-refractivity contribution >= 4 is 17.5 Å². The summed E-state index contributed by atoms with van der Waals surface area (Å²) in [6.45, 7) is 4.03. The normalized spacial score (nSPS) is 12.1. The number of rotatable bonds is 5. The zero-order chi connectivity index (χ0) is 17.1. The van der Waals surface area contributed by atoms with Crippen LogP contribution in [0.5, 0.6) is 5.75 Å². The number of aromatic nitrogens is 2. The third kappa shape index (κ3) is 3.65. The quantitative estimate of drug-likeness (QED) is 0.877. The van der Waals surface area contributed by atoms with Gasteiger partial charge in [0, 0.05) is 35.4 Å². The molecule has 1 aromatic heterocycles. The second-order valence-electron chi connectivity index (χ2n) is 5.48. The number of hydrogen-bond donors (Lipinski definition) is 2. The second kappa shape index (κ2) is 7.02. The van der Waals surface area contributed by atoms with E-state index >= 15 is 0 Å². The summed E-state index contributed by atoms with van der Waals surface area (Å²) < 4.78 is 5.31. The van der Waals surface area contributed by atoms with Crippen LogP contribution in [0.2, 0.25) is 5.02 Å². The molecule has 0 radical (unpaired) electrons. The minimum Gasteiger partial charge on any atom is -0.496 e. The number of ether oxygens (including phenoxy) is 1. The number of carbonyl (C=O) groups excluding carboxylic acids is 1. The fourth-order valence-corrected chi connectivity index (χ4v) is 2.78. The molecule has 0 fully saturated rings. The van der Waals surface area contributed by atoms with Crippen LogP contribution < -0.4 is 10.5 Å². The molecule has 1 aromatic carbocycles. The van der Waals surface area contributed by atoms with Gasteiger partial charge in [-0.25, -0.2) is 0 Å². The molecule has 2 aromatic rings. The predicted molar refractivity (Wildman–Crippen MR) is 89.5 cm³/mol. The summed E-state index contributed by atoms with van der Waals surface area (Å²) in [7, 11) is 3.28. The highest BCUT2D eigenvalue weighted by atomic mass is 35.5. The van der Waals surface area contributed by atoms with Gasteiger partial charge in [-0.05, 0) is 32.0 Å². The van der Waals surface area contributed by atoms with Crippen molar-refractivity contribution in [2.24, 2.45) is 5.73 Å². The molecule has 0 aliphatic carbocycles. The van der Waals surface area contributed by atoms with E-state index in [2.05, 4.69) is 10.2 Å². The Kier molecular flexibility index (Phi) is 5.28. The van der Waals surface area contributed by atoms with E-state index in [4.69, 9.17) is 22.1 Å². The molecule has 0 unspecified atom stereocenters. The van der Waals surface area contributed by atoms with Crippen molar-refractivity contribution in [1.29, 1.82) is 0 Å². The highest BCUT2D eigenvalue weighted by Gasteiger charge is 2.25. The topological polar surface area (TPSA) is 84.2 Å². The fourth-order valence-electron chi connectivity index (χ4n) is 2.58. The largest absolute Gasteiger partial charge is 0.496 e. The number of amides is 1. The van der Waals surface area contributed by atoms with E-state index in [0.717, 1.165) is 22.5 Å². The molecule has 124 valence electrons. The molecule has 0 aliphatic rings. The Hall–Kier alpha value is -2.05. The molecule has 0 saturated heterocycles. The molecule has 23 heavy (non-hydrogen) atoms. The molecule has 0 bridgehead atoms. The van der Waals surface area contributed by atoms with E-state index in [1.165, 1.54) is 0 Å². The maximum Gasteiger partial charge on any atom is 0.244 e. The number of nitrogens with two attached hydrogens (primary N) is 1. The maximum absolute atomic E-state index is 12.6. The highest BCUT2D eigenvalue weighted by Crippen LogP contribution is 2.25. The second-order valence-corrected chi connectivity index (χ2v) is 5.91. The van der Waals surface area contributed by atoms with Gasteiger partial charge >= 0.3 is 0 Å². The molecular weight excluding hydrogens is 316 g/mol. The standard InChI is InChI=1S/C16H21ClN4O2/c1-9-14(10(2)20-19-9)15(18)16(22)21(3)8-11-7-12(17)5-6-13(11)23-4/h5-7,15H,8,18H2,1-4H3,(H,19,20)/t15-/m0/s1. The lowest BCUT2D eigenvalue weighted by molar-refractivity contribution is -0.132. The summed E-state index contributed by atoms with van der Waals surface area (Å²) in [5, 5.41) is 7.53. The number of methoxy groups -OCH3 is 1. The van der Waals surface area contributed by atoms with Crippen LogP contribution >= 0.6 is 11.6 Å². The monoisotopic (exact) mass is 336 g/mol. The van der Waals surface area contributed by atoms with Gasteiger partial charge in [0.05, 0.1) is 12.8 Å². The number of hydrogen-bond acceptors (Lipinski definition) is 4. The smallest absolute Gasteiger partial charge is 0.244 e. The van der Waals surface area contributed by atoms with Crippen molar-refractivity contribution in [2.75, 3.05) is 14.2 Å². The molecule has 7 heteroatoms. The molecule has 6 nitrogen and oxygen atoms in total. The van der Waals surface area contributed by atoms with Gasteiger partial charge in [0.15, 0.2) is 0 Å². The first-order valence-electron chi connectivity index (χ1n) is 7.19. The summed E-state index contributed by atoms with van der Waals surface area (Å²) in [5.74, 6) is 0.484. The third-order valence-electron chi connectivity index (χ3n) is 3.79. The molecule has 0 saturated carbocycles. The Balaban J connectivity index is 2.19. The van der Waals surface area contributed by atoms with E-state index in [9.17, 15) is 4.79 Å². The van der Waals surface area contributed by atoms with E-state index in [1.54, 1.807) is 37.3 Å². The van der Waals surface area contributed by atoms with Gasteiger partial charge in [0.2, 0.25) is 5.91 Å². The summed E-state index contributed by atoms with van der Waals surface area (Å²) in [6.07, 6.45) is 0. The molecule has 3 N–H and O–H groups in total. The first kappa shape index (κ1) is 17.3. The molecule has 0 aliphatic heterocycles. The molecule has 0 spiro atoms. The predicted octanol–water partition coefficient (Wildman–Crippen LogP) is 2.35. The van der Waals surface area contributed by atoms with Gasteiger partial charge in [-0.15, -0.1) is 0 Å². The van der Waals surface area contributed by atoms with E-state index < -0.39 is 6.04 Å². The number of aromatic amines is 1. The number of likely N-dealkylation sites (N-methyl/N-ethyl adjacent to an activating group) is 1. The maximum atomic E-state index is 12.6. The van der Waals surface area contributed by atoms with E-state index in [1.807, 2.05) is 13.8 Å². The van der Waals surface area contributed by atoms with Crippen molar-refractivity contribution in [1.82, 2.24) is 15.1 Å². The minimum atomic E-state index is -0.760. The van der Waals surface area contributed by atoms with E-state index in [-0.39, 0.29) is 5.91 Å². The minimum absolute atomic E-state index is 0.195. The van der Waals surface area contributed by atoms with Crippen LogP contribution in [0.25, 0.3) is 0 Å². The summed E-state index contributed by atoms with van der Waals surface area (Å²) >= 11 is 6.03. The van der Waals surface area contributed by atoms with Crippen molar-refractivity contribution in [3.63, 3.8) is 0 Å². The van der Waals surface area contributed by atoms with Crippen molar-refractivity contribution in [2.45, 2.75) is 26.4 Å². The molecule has 2 rings (SSSR count). The zero-order valence-electron chi connectivity index (χ0n) is 13.7. The van der Waals surface area contributed by atoms with Crippen LogP contribution in [0.4, 0.5) is 0 Å². The fraction of sp³-hybridized carbons (Fsp3) is 0.375. The Morgan fingerprint density at radius 1 is 1.48 bits per heavy atom. The molecular formula is C16H21ClN4O2. The number of H-pyrrole nitrogens is 1. The van der Waals surface area contributed by atoms with Gasteiger partial charge < -0.3 is 15.4 Å². The Morgan fingerprint density at radius 2 is 2.17 bits per heavy atom. The van der Waals surface area contributed by atoms with Gasteiger partial charge in [-0.2, -0.15) is 5.10 Å². The number of carbonyl (C=O) groups is 1. The van der Waals surface area contributed by atoms with E-state index in [0.29, 0.717) is 17.3 Å². The van der Waals surface area contributed by atoms with Crippen LogP contribution in [0.15, 0.2) is 18.2 Å². The van der Waals surface area contributed by atoms with Crippen molar-refractivity contribution < 1.29 is 9.53 Å². The average molecular weight is 337 g/mol. The van der Waals surface area contributed by atoms with Gasteiger partial charge in [0.25, 0.3) is 0 Å². The molecule has 1 atom stereocenters. The molecule has 1 heterocycles. The average Bonchev–Trinajstić information content (AvgIpc) is 2.85. The van der Waals surface area contributed by atoms with Crippen LogP contribution in [-0.4, -0.2) is 35.2 Å². The first-order chi connectivity index (χ1) is 10.8. The number of aryl methyl sites for hydroxylation is 2. The summed E-state index contributed by atoms with van der Waals surface area (Å²) in [6, 6.07) is 4.55. The molecule has 1 amide bonds. The first-order valence-corrected chi connectivity index (χ1v) is 7.57. The highest BCUT2D eigenvalue weighted by molar-refractivity contribution is 6.30. The van der Waals surface area contributed by atoms with Crippen LogP contribution in [0, 0.1) is 13.8 Å².